The van der Waals surface area contributed by atoms with Gasteiger partial charge >= 0.3 is 11.7 Å². The third-order valence-electron chi connectivity index (χ3n) is 6.60. The molecular weight excluding hydrogens is 578 g/mol. The number of esters is 1. The number of carbonyl (C=O) groups is 1. The number of carbonyl (C=O) groups excluding carboxylic acids is 1. The fourth-order valence-electron chi connectivity index (χ4n) is 4.69. The number of nitro groups is 1. The fourth-order valence-corrected chi connectivity index (χ4v) is 6.09. The summed E-state index contributed by atoms with van der Waals surface area (Å²) in [5.41, 5.74) is 1.26. The van der Waals surface area contributed by atoms with Crippen molar-refractivity contribution in [2.24, 2.45) is 4.99 Å². The predicted molar refractivity (Wildman–Crippen MR) is 161 cm³/mol. The Labute approximate surface area is 248 Å². The summed E-state index contributed by atoms with van der Waals surface area (Å²) in [6, 6.07) is 18.5. The predicted octanol–water partition coefficient (Wildman–Crippen LogP) is 4.28. The molecule has 5 rings (SSSR count). The lowest BCUT2D eigenvalue weighted by molar-refractivity contribution is -0.386. The molecule has 1 N–H and O–H groups in total. The molecule has 2 heterocycles. The molecule has 12 heteroatoms. The van der Waals surface area contributed by atoms with Gasteiger partial charge in [-0.05, 0) is 48.6 Å². The van der Waals surface area contributed by atoms with E-state index in [2.05, 4.69) is 0 Å². The SMILES string of the molecule is CCOC(=O)C1=C(c2ccccc2)N=c2s/c(=C\c3cc(OC)c(O)c([N+](=O)[O-])c3)c(=O)n2[C@@H]1c1ccc(SC)cc1. The largest absolute Gasteiger partial charge is 0.500 e. The van der Waals surface area contributed by atoms with E-state index in [1.807, 2.05) is 60.9 Å². The quantitative estimate of drug-likeness (QED) is 0.137. The molecule has 42 heavy (non-hydrogen) atoms. The van der Waals surface area contributed by atoms with E-state index >= 15 is 0 Å². The number of thioether (sulfide) groups is 1. The van der Waals surface area contributed by atoms with Gasteiger partial charge in [0.2, 0.25) is 5.75 Å². The number of ether oxygens (including phenoxy) is 2. The normalized spacial score (nSPS) is 14.7. The van der Waals surface area contributed by atoms with Crippen molar-refractivity contribution < 1.29 is 24.3 Å². The maximum absolute atomic E-state index is 14.0. The second kappa shape index (κ2) is 12.0. The van der Waals surface area contributed by atoms with Gasteiger partial charge in [0.25, 0.3) is 5.56 Å². The van der Waals surface area contributed by atoms with Gasteiger partial charge in [-0.2, -0.15) is 0 Å². The molecule has 0 spiro atoms. The Bertz CT molecular complexity index is 1900. The van der Waals surface area contributed by atoms with Crippen LogP contribution in [-0.2, 0) is 9.53 Å². The fraction of sp³-hybridized carbons (Fsp3) is 0.167. The van der Waals surface area contributed by atoms with Crippen molar-refractivity contribution >= 4 is 46.5 Å². The van der Waals surface area contributed by atoms with Crippen LogP contribution in [0.25, 0.3) is 11.8 Å². The molecule has 1 aliphatic rings. The molecular formula is C30H25N3O7S2. The van der Waals surface area contributed by atoms with E-state index in [9.17, 15) is 24.8 Å². The van der Waals surface area contributed by atoms with E-state index in [1.54, 1.807) is 18.7 Å². The minimum absolute atomic E-state index is 0.106. The summed E-state index contributed by atoms with van der Waals surface area (Å²) >= 11 is 2.65. The summed E-state index contributed by atoms with van der Waals surface area (Å²) in [4.78, 5) is 44.5. The number of nitro benzene ring substituents is 1. The van der Waals surface area contributed by atoms with E-state index < -0.39 is 33.9 Å². The van der Waals surface area contributed by atoms with Gasteiger partial charge in [0.1, 0.15) is 0 Å². The van der Waals surface area contributed by atoms with Crippen LogP contribution >= 0.6 is 23.1 Å². The van der Waals surface area contributed by atoms with Crippen LogP contribution in [-0.4, -0.2) is 40.5 Å². The lowest BCUT2D eigenvalue weighted by atomic mass is 9.93. The number of hydrogen-bond donors (Lipinski definition) is 1. The standard InChI is InChI=1S/C30H25N3O7S2/c1-4-40-29(36)24-25(18-8-6-5-7-9-18)31-30-32(26(24)19-10-12-20(41-3)13-11-19)28(35)23(42-30)16-17-14-21(33(37)38)27(34)22(15-17)39-2/h5-16,26,34H,4H2,1-3H3/b23-16-/t26-/m1/s1. The first-order valence-corrected chi connectivity index (χ1v) is 14.8. The third kappa shape index (κ3) is 5.33. The molecule has 1 aromatic heterocycles. The molecule has 0 fully saturated rings. The van der Waals surface area contributed by atoms with Crippen molar-refractivity contribution in [2.75, 3.05) is 20.0 Å². The number of aromatic hydroxyl groups is 1. The van der Waals surface area contributed by atoms with Gasteiger partial charge in [-0.1, -0.05) is 53.8 Å². The molecule has 0 unspecified atom stereocenters. The van der Waals surface area contributed by atoms with Crippen LogP contribution in [0.2, 0.25) is 0 Å². The molecule has 214 valence electrons. The zero-order valence-corrected chi connectivity index (χ0v) is 24.4. The third-order valence-corrected chi connectivity index (χ3v) is 8.32. The molecule has 0 amide bonds. The number of phenolic OH excluding ortho intramolecular Hbond substituents is 1. The average Bonchev–Trinajstić information content (AvgIpc) is 3.31. The van der Waals surface area contributed by atoms with Crippen LogP contribution in [0.3, 0.4) is 0 Å². The number of thiazole rings is 1. The van der Waals surface area contributed by atoms with Gasteiger partial charge in [-0.25, -0.2) is 9.79 Å². The monoisotopic (exact) mass is 603 g/mol. The van der Waals surface area contributed by atoms with Crippen molar-refractivity contribution in [3.63, 3.8) is 0 Å². The highest BCUT2D eigenvalue weighted by atomic mass is 32.2. The topological polar surface area (TPSA) is 133 Å². The Morgan fingerprint density at radius 3 is 2.52 bits per heavy atom. The maximum Gasteiger partial charge on any atom is 0.338 e. The molecule has 10 nitrogen and oxygen atoms in total. The lowest BCUT2D eigenvalue weighted by Gasteiger charge is -2.26. The minimum Gasteiger partial charge on any atom is -0.500 e. The van der Waals surface area contributed by atoms with E-state index in [0.29, 0.717) is 21.6 Å². The summed E-state index contributed by atoms with van der Waals surface area (Å²) in [5, 5.41) is 21.7. The number of benzene rings is 3. The highest BCUT2D eigenvalue weighted by Crippen LogP contribution is 2.38. The van der Waals surface area contributed by atoms with Gasteiger partial charge in [0, 0.05) is 16.5 Å². The van der Waals surface area contributed by atoms with Gasteiger partial charge in [0.15, 0.2) is 10.6 Å². The van der Waals surface area contributed by atoms with E-state index in [4.69, 9.17) is 14.5 Å². The molecule has 1 atom stereocenters. The second-order valence-corrected chi connectivity index (χ2v) is 10.9. The minimum atomic E-state index is -0.850. The Morgan fingerprint density at radius 1 is 1.19 bits per heavy atom. The number of fused-ring (bicyclic) bond motifs is 1. The van der Waals surface area contributed by atoms with Crippen molar-refractivity contribution in [2.45, 2.75) is 17.9 Å². The van der Waals surface area contributed by atoms with Crippen LogP contribution in [0.4, 0.5) is 5.69 Å². The Kier molecular flexibility index (Phi) is 8.27. The number of nitrogens with zero attached hydrogens (tertiary/aromatic N) is 3. The molecule has 0 radical (unpaired) electrons. The number of aromatic nitrogens is 1. The van der Waals surface area contributed by atoms with Crippen LogP contribution in [0.15, 0.2) is 87.0 Å². The molecule has 0 saturated carbocycles. The van der Waals surface area contributed by atoms with Crippen LogP contribution in [0, 0.1) is 10.1 Å². The summed E-state index contributed by atoms with van der Waals surface area (Å²) in [6.45, 7) is 1.84. The molecule has 1 aliphatic heterocycles. The first-order valence-electron chi connectivity index (χ1n) is 12.7. The number of hydrogen-bond acceptors (Lipinski definition) is 10. The smallest absolute Gasteiger partial charge is 0.338 e. The molecule has 3 aromatic carbocycles. The summed E-state index contributed by atoms with van der Waals surface area (Å²) in [5.74, 6) is -1.31. The van der Waals surface area contributed by atoms with E-state index in [0.717, 1.165) is 22.3 Å². The zero-order chi connectivity index (χ0) is 30.0. The molecule has 0 saturated heterocycles. The Balaban J connectivity index is 1.82. The highest BCUT2D eigenvalue weighted by molar-refractivity contribution is 7.98. The van der Waals surface area contributed by atoms with Crippen molar-refractivity contribution in [3.05, 3.63) is 119 Å². The van der Waals surface area contributed by atoms with Gasteiger partial charge < -0.3 is 14.6 Å². The van der Waals surface area contributed by atoms with Crippen LogP contribution in [0.5, 0.6) is 11.5 Å². The van der Waals surface area contributed by atoms with E-state index in [1.165, 1.54) is 23.8 Å². The second-order valence-electron chi connectivity index (χ2n) is 9.05. The van der Waals surface area contributed by atoms with Crippen LogP contribution in [0.1, 0.15) is 29.7 Å². The highest BCUT2D eigenvalue weighted by Gasteiger charge is 2.35. The zero-order valence-electron chi connectivity index (χ0n) is 22.8. The number of rotatable bonds is 8. The van der Waals surface area contributed by atoms with Gasteiger partial charge in [-0.3, -0.25) is 19.5 Å². The van der Waals surface area contributed by atoms with Crippen molar-refractivity contribution in [3.8, 4) is 11.5 Å². The Hall–Kier alpha value is -4.68. The van der Waals surface area contributed by atoms with Crippen LogP contribution < -0.4 is 19.6 Å². The molecule has 4 aromatic rings. The average molecular weight is 604 g/mol. The van der Waals surface area contributed by atoms with Gasteiger partial charge in [-0.15, -0.1) is 11.8 Å². The number of methoxy groups -OCH3 is 1. The van der Waals surface area contributed by atoms with Crippen molar-refractivity contribution in [1.82, 2.24) is 4.57 Å². The number of phenols is 1. The van der Waals surface area contributed by atoms with Gasteiger partial charge in [0.05, 0.1) is 40.5 Å². The maximum atomic E-state index is 14.0. The molecule has 0 bridgehead atoms. The van der Waals surface area contributed by atoms with Crippen molar-refractivity contribution in [1.29, 1.82) is 0 Å². The summed E-state index contributed by atoms with van der Waals surface area (Å²) in [6.07, 6.45) is 3.43. The Morgan fingerprint density at radius 2 is 1.90 bits per heavy atom. The lowest BCUT2D eigenvalue weighted by Crippen LogP contribution is -2.40. The molecule has 0 aliphatic carbocycles. The summed E-state index contributed by atoms with van der Waals surface area (Å²) < 4.78 is 12.3. The van der Waals surface area contributed by atoms with E-state index in [-0.39, 0.29) is 28.0 Å². The summed E-state index contributed by atoms with van der Waals surface area (Å²) in [7, 11) is 1.28. The first-order chi connectivity index (χ1) is 20.3. The first kappa shape index (κ1) is 28.8.